The second-order valence-corrected chi connectivity index (χ2v) is 7.86. The Hall–Kier alpha value is -2.56. The van der Waals surface area contributed by atoms with Gasteiger partial charge >= 0.3 is 0 Å². The molecular weight excluding hydrogens is 516 g/mol. The van der Waals surface area contributed by atoms with E-state index in [1.54, 1.807) is 42.5 Å². The van der Waals surface area contributed by atoms with E-state index >= 15 is 0 Å². The van der Waals surface area contributed by atoms with Crippen LogP contribution in [0, 0.1) is 20.7 Å². The van der Waals surface area contributed by atoms with Gasteiger partial charge in [-0.1, -0.05) is 48.0 Å². The number of rotatable bonds is 7. The standard InChI is InChI=1S/C24H18ClFINO2/c1-2-29-23-13-16(11-18(14-28)19-8-4-5-9-20(19)25)12-22(27)24(23)30-15-17-7-3-6-10-21(17)26/h3-13H,2,15H2,1H3. The molecule has 0 saturated heterocycles. The number of hydrogen-bond acceptors (Lipinski definition) is 3. The molecular formula is C24H18ClFINO2. The van der Waals surface area contributed by atoms with Crippen LogP contribution in [0.3, 0.4) is 0 Å². The van der Waals surface area contributed by atoms with Crippen LogP contribution >= 0.6 is 34.2 Å². The molecule has 0 fully saturated rings. The Balaban J connectivity index is 1.95. The Morgan fingerprint density at radius 2 is 1.87 bits per heavy atom. The first-order valence-corrected chi connectivity index (χ1v) is 10.7. The molecule has 0 aliphatic heterocycles. The van der Waals surface area contributed by atoms with Crippen LogP contribution in [0.15, 0.2) is 60.7 Å². The molecule has 0 heterocycles. The van der Waals surface area contributed by atoms with E-state index < -0.39 is 0 Å². The highest BCUT2D eigenvalue weighted by Crippen LogP contribution is 2.36. The van der Waals surface area contributed by atoms with Crippen LogP contribution in [0.2, 0.25) is 5.02 Å². The molecule has 0 N–H and O–H groups in total. The van der Waals surface area contributed by atoms with Gasteiger partial charge in [0.15, 0.2) is 11.5 Å². The highest BCUT2D eigenvalue weighted by Gasteiger charge is 2.14. The van der Waals surface area contributed by atoms with E-state index in [-0.39, 0.29) is 12.4 Å². The molecule has 6 heteroatoms. The molecule has 0 unspecified atom stereocenters. The van der Waals surface area contributed by atoms with Crippen LogP contribution in [0.1, 0.15) is 23.6 Å². The van der Waals surface area contributed by atoms with Crippen LogP contribution < -0.4 is 9.47 Å². The fraction of sp³-hybridized carbons (Fsp3) is 0.125. The molecule has 0 spiro atoms. The Morgan fingerprint density at radius 3 is 2.57 bits per heavy atom. The van der Waals surface area contributed by atoms with Crippen molar-refractivity contribution in [2.24, 2.45) is 0 Å². The van der Waals surface area contributed by atoms with Crippen LogP contribution in [0.25, 0.3) is 11.6 Å². The van der Waals surface area contributed by atoms with Gasteiger partial charge in [0.1, 0.15) is 12.4 Å². The summed E-state index contributed by atoms with van der Waals surface area (Å²) in [5.41, 5.74) is 2.34. The summed E-state index contributed by atoms with van der Waals surface area (Å²) in [6.45, 7) is 2.40. The molecule has 3 aromatic rings. The number of benzene rings is 3. The van der Waals surface area contributed by atoms with Crippen molar-refractivity contribution in [2.75, 3.05) is 6.61 Å². The zero-order valence-corrected chi connectivity index (χ0v) is 19.1. The van der Waals surface area contributed by atoms with E-state index in [9.17, 15) is 9.65 Å². The topological polar surface area (TPSA) is 42.2 Å². The molecule has 152 valence electrons. The van der Waals surface area contributed by atoms with Crippen molar-refractivity contribution in [3.63, 3.8) is 0 Å². The maximum absolute atomic E-state index is 13.9. The van der Waals surface area contributed by atoms with Gasteiger partial charge in [-0.25, -0.2) is 4.39 Å². The van der Waals surface area contributed by atoms with Gasteiger partial charge in [-0.3, -0.25) is 0 Å². The summed E-state index contributed by atoms with van der Waals surface area (Å²) in [6.07, 6.45) is 1.76. The Labute approximate surface area is 193 Å². The maximum atomic E-state index is 13.9. The third-order valence-electron chi connectivity index (χ3n) is 4.26. The molecule has 3 rings (SSSR count). The molecule has 30 heavy (non-hydrogen) atoms. The van der Waals surface area contributed by atoms with Gasteiger partial charge in [0, 0.05) is 16.1 Å². The van der Waals surface area contributed by atoms with Crippen molar-refractivity contribution in [1.82, 2.24) is 0 Å². The molecule has 0 aliphatic carbocycles. The van der Waals surface area contributed by atoms with Crippen LogP contribution in [0.4, 0.5) is 4.39 Å². The zero-order valence-electron chi connectivity index (χ0n) is 16.2. The molecule has 3 aromatic carbocycles. The highest BCUT2D eigenvalue weighted by atomic mass is 127. The maximum Gasteiger partial charge on any atom is 0.175 e. The lowest BCUT2D eigenvalue weighted by atomic mass is 10.0. The van der Waals surface area contributed by atoms with Gasteiger partial charge < -0.3 is 9.47 Å². The van der Waals surface area contributed by atoms with Crippen molar-refractivity contribution in [3.8, 4) is 17.6 Å². The number of ether oxygens (including phenoxy) is 2. The average Bonchev–Trinajstić information content (AvgIpc) is 2.73. The SMILES string of the molecule is CCOc1cc(C=C(C#N)c2ccccc2Cl)cc(I)c1OCc1ccccc1F. The summed E-state index contributed by atoms with van der Waals surface area (Å²) < 4.78 is 26.4. The second kappa shape index (κ2) is 10.5. The molecule has 0 saturated carbocycles. The van der Waals surface area contributed by atoms with Crippen molar-refractivity contribution >= 4 is 45.8 Å². The number of nitrogens with zero attached hydrogens (tertiary/aromatic N) is 1. The zero-order chi connectivity index (χ0) is 21.5. The van der Waals surface area contributed by atoms with E-state index in [2.05, 4.69) is 28.7 Å². The molecule has 0 atom stereocenters. The first-order chi connectivity index (χ1) is 14.5. The first kappa shape index (κ1) is 22.1. The predicted molar refractivity (Wildman–Crippen MR) is 126 cm³/mol. The van der Waals surface area contributed by atoms with Crippen LogP contribution in [0.5, 0.6) is 11.5 Å². The lowest BCUT2D eigenvalue weighted by Crippen LogP contribution is -2.03. The predicted octanol–water partition coefficient (Wildman–Crippen LogP) is 7.13. The molecule has 0 bridgehead atoms. The fourth-order valence-electron chi connectivity index (χ4n) is 2.86. The Bertz CT molecular complexity index is 1120. The Kier molecular flexibility index (Phi) is 7.72. The molecule has 0 radical (unpaired) electrons. The van der Waals surface area contributed by atoms with Gasteiger partial charge in [-0.15, -0.1) is 0 Å². The quantitative estimate of drug-likeness (QED) is 0.184. The summed E-state index contributed by atoms with van der Waals surface area (Å²) in [4.78, 5) is 0. The largest absolute Gasteiger partial charge is 0.490 e. The molecule has 3 nitrogen and oxygen atoms in total. The summed E-state index contributed by atoms with van der Waals surface area (Å²) in [5.74, 6) is 0.751. The molecule has 0 amide bonds. The first-order valence-electron chi connectivity index (χ1n) is 9.22. The van der Waals surface area contributed by atoms with E-state index in [1.165, 1.54) is 6.07 Å². The summed E-state index contributed by atoms with van der Waals surface area (Å²) >= 11 is 8.39. The van der Waals surface area contributed by atoms with Crippen LogP contribution in [-0.2, 0) is 6.61 Å². The van der Waals surface area contributed by atoms with Crippen molar-refractivity contribution in [3.05, 3.63) is 91.8 Å². The normalized spacial score (nSPS) is 11.1. The van der Waals surface area contributed by atoms with E-state index in [4.69, 9.17) is 21.1 Å². The highest BCUT2D eigenvalue weighted by molar-refractivity contribution is 14.1. The summed E-state index contributed by atoms with van der Waals surface area (Å²) in [7, 11) is 0. The van der Waals surface area contributed by atoms with Gasteiger partial charge in [-0.2, -0.15) is 5.26 Å². The minimum absolute atomic E-state index is 0.0843. The third kappa shape index (κ3) is 5.32. The van der Waals surface area contributed by atoms with Crippen molar-refractivity contribution in [1.29, 1.82) is 5.26 Å². The van der Waals surface area contributed by atoms with Gasteiger partial charge in [-0.05, 0) is 65.4 Å². The van der Waals surface area contributed by atoms with E-state index in [0.717, 1.165) is 9.13 Å². The Morgan fingerprint density at radius 1 is 1.13 bits per heavy atom. The summed E-state index contributed by atoms with van der Waals surface area (Å²) in [5, 5.41) is 10.1. The molecule has 0 aliphatic rings. The number of hydrogen-bond donors (Lipinski definition) is 0. The minimum atomic E-state index is -0.316. The van der Waals surface area contributed by atoms with Crippen molar-refractivity contribution < 1.29 is 13.9 Å². The summed E-state index contributed by atoms with van der Waals surface area (Å²) in [6, 6.07) is 19.6. The lowest BCUT2D eigenvalue weighted by Gasteiger charge is -2.15. The number of halogens is 3. The number of nitriles is 1. The van der Waals surface area contributed by atoms with Gasteiger partial charge in [0.25, 0.3) is 0 Å². The molecule has 0 aromatic heterocycles. The van der Waals surface area contributed by atoms with E-state index in [0.29, 0.717) is 39.8 Å². The van der Waals surface area contributed by atoms with Gasteiger partial charge in [0.05, 0.1) is 21.8 Å². The monoisotopic (exact) mass is 533 g/mol. The minimum Gasteiger partial charge on any atom is -0.490 e. The third-order valence-corrected chi connectivity index (χ3v) is 5.39. The lowest BCUT2D eigenvalue weighted by molar-refractivity contribution is 0.264. The smallest absolute Gasteiger partial charge is 0.175 e. The second-order valence-electron chi connectivity index (χ2n) is 6.29. The van der Waals surface area contributed by atoms with Crippen molar-refractivity contribution in [2.45, 2.75) is 13.5 Å². The average molecular weight is 534 g/mol. The fourth-order valence-corrected chi connectivity index (χ4v) is 3.87. The van der Waals surface area contributed by atoms with E-state index in [1.807, 2.05) is 25.1 Å². The van der Waals surface area contributed by atoms with Crippen LogP contribution in [-0.4, -0.2) is 6.61 Å². The number of allylic oxidation sites excluding steroid dienone is 1. The van der Waals surface area contributed by atoms with Gasteiger partial charge in [0.2, 0.25) is 0 Å².